The molecular formula is C19H37N. The van der Waals surface area contributed by atoms with Gasteiger partial charge in [0.2, 0.25) is 0 Å². The highest BCUT2D eigenvalue weighted by Crippen LogP contribution is 2.44. The average Bonchev–Trinajstić information content (AvgIpc) is 2.48. The molecule has 3 unspecified atom stereocenters. The van der Waals surface area contributed by atoms with Gasteiger partial charge < -0.3 is 5.32 Å². The molecular weight excluding hydrogens is 242 g/mol. The Morgan fingerprint density at radius 1 is 0.950 bits per heavy atom. The van der Waals surface area contributed by atoms with Gasteiger partial charge in [0.05, 0.1) is 0 Å². The van der Waals surface area contributed by atoms with E-state index in [2.05, 4.69) is 26.1 Å². The summed E-state index contributed by atoms with van der Waals surface area (Å²) in [5, 5.41) is 3.72. The second kappa shape index (κ2) is 8.41. The van der Waals surface area contributed by atoms with Gasteiger partial charge in [0.15, 0.2) is 0 Å². The maximum Gasteiger partial charge on any atom is -0.00178 e. The third-order valence-corrected chi connectivity index (χ3v) is 6.23. The predicted octanol–water partition coefficient (Wildman–Crippen LogP) is 5.25. The van der Waals surface area contributed by atoms with E-state index >= 15 is 0 Å². The van der Waals surface area contributed by atoms with Crippen LogP contribution in [0, 0.1) is 29.6 Å². The SMILES string of the molecule is CCCNCC1CCC(CC)CC1C1CCC(C)CC1. The molecule has 0 amide bonds. The smallest absolute Gasteiger partial charge is 0.00178 e. The quantitative estimate of drug-likeness (QED) is 0.654. The van der Waals surface area contributed by atoms with Gasteiger partial charge in [-0.2, -0.15) is 0 Å². The maximum absolute atomic E-state index is 3.72. The summed E-state index contributed by atoms with van der Waals surface area (Å²) in [7, 11) is 0. The number of hydrogen-bond donors (Lipinski definition) is 1. The number of hydrogen-bond acceptors (Lipinski definition) is 1. The molecule has 118 valence electrons. The summed E-state index contributed by atoms with van der Waals surface area (Å²) in [5.74, 6) is 5.08. The first-order chi connectivity index (χ1) is 9.74. The monoisotopic (exact) mass is 279 g/mol. The van der Waals surface area contributed by atoms with E-state index in [-0.39, 0.29) is 0 Å². The molecule has 2 fully saturated rings. The largest absolute Gasteiger partial charge is 0.316 e. The summed E-state index contributed by atoms with van der Waals surface area (Å²) in [4.78, 5) is 0. The van der Waals surface area contributed by atoms with Crippen molar-refractivity contribution in [1.82, 2.24) is 5.32 Å². The van der Waals surface area contributed by atoms with E-state index in [0.29, 0.717) is 0 Å². The molecule has 0 saturated heterocycles. The minimum atomic E-state index is 0.975. The van der Waals surface area contributed by atoms with Crippen LogP contribution in [-0.2, 0) is 0 Å². The van der Waals surface area contributed by atoms with Crippen molar-refractivity contribution < 1.29 is 0 Å². The Hall–Kier alpha value is -0.0400. The van der Waals surface area contributed by atoms with Crippen LogP contribution in [0.2, 0.25) is 0 Å². The topological polar surface area (TPSA) is 12.0 Å². The molecule has 0 bridgehead atoms. The van der Waals surface area contributed by atoms with Gasteiger partial charge in [-0.05, 0) is 74.8 Å². The molecule has 2 rings (SSSR count). The van der Waals surface area contributed by atoms with Crippen LogP contribution in [0.25, 0.3) is 0 Å². The summed E-state index contributed by atoms with van der Waals surface area (Å²) in [6.07, 6.45) is 13.2. The van der Waals surface area contributed by atoms with Gasteiger partial charge in [0.1, 0.15) is 0 Å². The molecule has 20 heavy (non-hydrogen) atoms. The van der Waals surface area contributed by atoms with Crippen LogP contribution in [0.4, 0.5) is 0 Å². The number of nitrogens with one attached hydrogen (secondary N) is 1. The molecule has 0 aliphatic heterocycles. The summed E-state index contributed by atoms with van der Waals surface area (Å²) in [5.41, 5.74) is 0. The third kappa shape index (κ3) is 4.48. The number of rotatable bonds is 6. The fourth-order valence-electron chi connectivity index (χ4n) is 4.74. The van der Waals surface area contributed by atoms with Crippen molar-refractivity contribution in [2.75, 3.05) is 13.1 Å². The molecule has 2 saturated carbocycles. The van der Waals surface area contributed by atoms with Gasteiger partial charge in [0.25, 0.3) is 0 Å². The lowest BCUT2D eigenvalue weighted by Gasteiger charge is -2.43. The Bertz CT molecular complexity index is 252. The second-order valence-electron chi connectivity index (χ2n) is 7.74. The Labute approximate surface area is 127 Å². The van der Waals surface area contributed by atoms with Crippen LogP contribution in [-0.4, -0.2) is 13.1 Å². The van der Waals surface area contributed by atoms with Gasteiger partial charge in [-0.15, -0.1) is 0 Å². The van der Waals surface area contributed by atoms with Crippen LogP contribution >= 0.6 is 0 Å². The van der Waals surface area contributed by atoms with Gasteiger partial charge >= 0.3 is 0 Å². The van der Waals surface area contributed by atoms with Crippen LogP contribution < -0.4 is 5.32 Å². The van der Waals surface area contributed by atoms with Crippen molar-refractivity contribution in [3.05, 3.63) is 0 Å². The molecule has 0 aromatic carbocycles. The summed E-state index contributed by atoms with van der Waals surface area (Å²) in [6, 6.07) is 0. The minimum absolute atomic E-state index is 0.975. The molecule has 1 nitrogen and oxygen atoms in total. The molecule has 0 radical (unpaired) electrons. The Balaban J connectivity index is 1.90. The van der Waals surface area contributed by atoms with Crippen LogP contribution in [0.5, 0.6) is 0 Å². The molecule has 2 aliphatic carbocycles. The second-order valence-corrected chi connectivity index (χ2v) is 7.74. The van der Waals surface area contributed by atoms with E-state index in [1.807, 2.05) is 0 Å². The normalized spacial score (nSPS) is 38.9. The molecule has 3 atom stereocenters. The highest BCUT2D eigenvalue weighted by atomic mass is 14.9. The van der Waals surface area contributed by atoms with Gasteiger partial charge in [0, 0.05) is 0 Å². The fourth-order valence-corrected chi connectivity index (χ4v) is 4.74. The zero-order valence-electron chi connectivity index (χ0n) is 14.2. The van der Waals surface area contributed by atoms with E-state index in [0.717, 1.165) is 29.6 Å². The highest BCUT2D eigenvalue weighted by molar-refractivity contribution is 4.87. The first-order valence-corrected chi connectivity index (χ1v) is 9.45. The molecule has 0 aromatic heterocycles. The lowest BCUT2D eigenvalue weighted by atomic mass is 9.64. The first-order valence-electron chi connectivity index (χ1n) is 9.45. The molecule has 2 aliphatic rings. The van der Waals surface area contributed by atoms with E-state index in [4.69, 9.17) is 0 Å². The minimum Gasteiger partial charge on any atom is -0.316 e. The zero-order valence-corrected chi connectivity index (χ0v) is 14.2. The molecule has 0 heterocycles. The average molecular weight is 280 g/mol. The highest BCUT2D eigenvalue weighted by Gasteiger charge is 2.35. The van der Waals surface area contributed by atoms with Crippen molar-refractivity contribution in [1.29, 1.82) is 0 Å². The van der Waals surface area contributed by atoms with Crippen molar-refractivity contribution >= 4 is 0 Å². The van der Waals surface area contributed by atoms with Crippen LogP contribution in [0.15, 0.2) is 0 Å². The van der Waals surface area contributed by atoms with Gasteiger partial charge in [-0.25, -0.2) is 0 Å². The summed E-state index contributed by atoms with van der Waals surface area (Å²) in [6.45, 7) is 9.64. The Kier molecular flexibility index (Phi) is 6.87. The van der Waals surface area contributed by atoms with Crippen LogP contribution in [0.1, 0.15) is 78.6 Å². The van der Waals surface area contributed by atoms with Crippen LogP contribution in [0.3, 0.4) is 0 Å². The van der Waals surface area contributed by atoms with Crippen molar-refractivity contribution in [3.8, 4) is 0 Å². The lowest BCUT2D eigenvalue weighted by molar-refractivity contribution is 0.0848. The Morgan fingerprint density at radius 3 is 2.35 bits per heavy atom. The van der Waals surface area contributed by atoms with Crippen molar-refractivity contribution in [3.63, 3.8) is 0 Å². The fraction of sp³-hybridized carbons (Fsp3) is 1.00. The molecule has 0 aromatic rings. The zero-order chi connectivity index (χ0) is 14.4. The van der Waals surface area contributed by atoms with Gasteiger partial charge in [-0.1, -0.05) is 46.5 Å². The summed E-state index contributed by atoms with van der Waals surface area (Å²) < 4.78 is 0. The first kappa shape index (κ1) is 16.3. The lowest BCUT2D eigenvalue weighted by Crippen LogP contribution is -2.38. The predicted molar refractivity (Wildman–Crippen MR) is 88.9 cm³/mol. The van der Waals surface area contributed by atoms with E-state index < -0.39 is 0 Å². The Morgan fingerprint density at radius 2 is 1.70 bits per heavy atom. The van der Waals surface area contributed by atoms with Crippen molar-refractivity contribution in [2.45, 2.75) is 78.6 Å². The van der Waals surface area contributed by atoms with Gasteiger partial charge in [-0.3, -0.25) is 0 Å². The third-order valence-electron chi connectivity index (χ3n) is 6.23. The van der Waals surface area contributed by atoms with E-state index in [9.17, 15) is 0 Å². The summed E-state index contributed by atoms with van der Waals surface area (Å²) >= 11 is 0. The van der Waals surface area contributed by atoms with E-state index in [1.165, 1.54) is 70.9 Å². The maximum atomic E-state index is 3.72. The molecule has 1 heteroatoms. The molecule has 0 spiro atoms. The van der Waals surface area contributed by atoms with E-state index in [1.54, 1.807) is 0 Å². The standard InChI is InChI=1S/C19H37N/c1-4-12-20-14-18-11-8-16(5-2)13-19(18)17-9-6-15(3)7-10-17/h15-20H,4-14H2,1-3H3. The molecule has 1 N–H and O–H groups in total. The van der Waals surface area contributed by atoms with Crippen molar-refractivity contribution in [2.24, 2.45) is 29.6 Å².